The van der Waals surface area contributed by atoms with Gasteiger partial charge in [0.15, 0.2) is 16.4 Å². The predicted molar refractivity (Wildman–Crippen MR) is 97.4 cm³/mol. The van der Waals surface area contributed by atoms with Crippen LogP contribution in [0, 0.1) is 5.92 Å². The average molecular weight is 379 g/mol. The number of benzene rings is 1. The largest absolute Gasteiger partial charge is 0.455 e. The second kappa shape index (κ2) is 7.78. The van der Waals surface area contributed by atoms with Gasteiger partial charge in [0.2, 0.25) is 0 Å². The summed E-state index contributed by atoms with van der Waals surface area (Å²) >= 11 is 0. The van der Waals surface area contributed by atoms with Crippen LogP contribution in [0.1, 0.15) is 48.9 Å². The lowest BCUT2D eigenvalue weighted by molar-refractivity contribution is -0.152. The van der Waals surface area contributed by atoms with Gasteiger partial charge in [0.25, 0.3) is 5.91 Å². The predicted octanol–water partition coefficient (Wildman–Crippen LogP) is 1.72. The number of ether oxygens (including phenoxy) is 1. The first-order valence-electron chi connectivity index (χ1n) is 9.12. The van der Waals surface area contributed by atoms with Crippen molar-refractivity contribution in [1.29, 1.82) is 0 Å². The lowest BCUT2D eigenvalue weighted by Crippen LogP contribution is -2.32. The van der Waals surface area contributed by atoms with Crippen LogP contribution in [0.2, 0.25) is 0 Å². The van der Waals surface area contributed by atoms with E-state index < -0.39 is 21.7 Å². The van der Waals surface area contributed by atoms with E-state index in [0.717, 1.165) is 18.4 Å². The number of carbonyl (C=O) groups is 2. The van der Waals surface area contributed by atoms with Crippen LogP contribution in [0.4, 0.5) is 0 Å². The highest BCUT2D eigenvalue weighted by atomic mass is 32.2. The summed E-state index contributed by atoms with van der Waals surface area (Å²) in [5.41, 5.74) is 3.77. The molecule has 1 aliphatic carbocycles. The first-order valence-corrected chi connectivity index (χ1v) is 10.9. The van der Waals surface area contributed by atoms with E-state index in [2.05, 4.69) is 17.4 Å². The van der Waals surface area contributed by atoms with E-state index in [9.17, 15) is 18.0 Å². The Labute approximate surface area is 154 Å². The number of carbonyl (C=O) groups excluding carboxylic acids is 2. The van der Waals surface area contributed by atoms with Gasteiger partial charge in [0.05, 0.1) is 23.5 Å². The first kappa shape index (κ1) is 18.9. The second-order valence-electron chi connectivity index (χ2n) is 7.23. The molecule has 0 radical (unpaired) electrons. The molecule has 0 spiro atoms. The molecule has 26 heavy (non-hydrogen) atoms. The van der Waals surface area contributed by atoms with Crippen molar-refractivity contribution in [2.24, 2.45) is 5.92 Å². The number of nitrogens with one attached hydrogen (secondary N) is 1. The van der Waals surface area contributed by atoms with Crippen molar-refractivity contribution in [2.45, 2.75) is 45.1 Å². The molecular formula is C19H25NO5S. The van der Waals surface area contributed by atoms with Gasteiger partial charge in [-0.2, -0.15) is 0 Å². The molecule has 2 aliphatic rings. The highest BCUT2D eigenvalue weighted by molar-refractivity contribution is 7.91. The lowest BCUT2D eigenvalue weighted by Gasteiger charge is -2.20. The number of sulfone groups is 1. The molecule has 1 aliphatic heterocycles. The number of aryl methyl sites for hydroxylation is 2. The molecule has 3 rings (SSSR count). The van der Waals surface area contributed by atoms with Crippen molar-refractivity contribution in [1.82, 2.24) is 5.32 Å². The number of hydrogen-bond donors (Lipinski definition) is 1. The van der Waals surface area contributed by atoms with Crippen LogP contribution in [-0.4, -0.2) is 38.4 Å². The Bertz CT molecular complexity index is 802. The van der Waals surface area contributed by atoms with E-state index in [-0.39, 0.29) is 36.5 Å². The quantitative estimate of drug-likeness (QED) is 0.787. The smallest absolute Gasteiger partial charge is 0.310 e. The van der Waals surface area contributed by atoms with Gasteiger partial charge in [0.1, 0.15) is 0 Å². The van der Waals surface area contributed by atoms with Crippen LogP contribution >= 0.6 is 0 Å². The van der Waals surface area contributed by atoms with Crippen LogP contribution in [0.15, 0.2) is 18.2 Å². The van der Waals surface area contributed by atoms with Crippen molar-refractivity contribution in [3.8, 4) is 0 Å². The minimum atomic E-state index is -3.14. The molecule has 1 amide bonds. The minimum absolute atomic E-state index is 0.00826. The molecule has 1 fully saturated rings. The molecule has 0 bridgehead atoms. The molecular weight excluding hydrogens is 354 g/mol. The number of hydrogen-bond acceptors (Lipinski definition) is 5. The van der Waals surface area contributed by atoms with Gasteiger partial charge in [-0.25, -0.2) is 8.42 Å². The average Bonchev–Trinajstić information content (AvgIpc) is 2.99. The van der Waals surface area contributed by atoms with Crippen LogP contribution in [0.5, 0.6) is 0 Å². The van der Waals surface area contributed by atoms with Crippen molar-refractivity contribution < 1.29 is 22.7 Å². The number of esters is 1. The Morgan fingerprint density at radius 2 is 1.96 bits per heavy atom. The summed E-state index contributed by atoms with van der Waals surface area (Å²) < 4.78 is 27.8. The summed E-state index contributed by atoms with van der Waals surface area (Å²) in [6, 6.07) is 6.13. The van der Waals surface area contributed by atoms with Gasteiger partial charge in [-0.3, -0.25) is 9.59 Å². The molecule has 1 N–H and O–H groups in total. The molecule has 1 aromatic rings. The molecule has 1 saturated heterocycles. The Morgan fingerprint density at radius 1 is 1.23 bits per heavy atom. The maximum absolute atomic E-state index is 12.1. The van der Waals surface area contributed by atoms with E-state index in [1.807, 2.05) is 13.0 Å². The fourth-order valence-corrected chi connectivity index (χ4v) is 5.35. The number of rotatable bonds is 5. The second-order valence-corrected chi connectivity index (χ2v) is 9.46. The normalized spacial score (nSPS) is 22.3. The molecule has 6 nitrogen and oxygen atoms in total. The van der Waals surface area contributed by atoms with E-state index in [0.29, 0.717) is 0 Å². The van der Waals surface area contributed by atoms with Crippen molar-refractivity contribution in [2.75, 3.05) is 18.1 Å². The molecule has 7 heteroatoms. The minimum Gasteiger partial charge on any atom is -0.455 e. The molecule has 0 saturated carbocycles. The summed E-state index contributed by atoms with van der Waals surface area (Å²) in [7, 11) is -3.14. The fraction of sp³-hybridized carbons (Fsp3) is 0.579. The first-order chi connectivity index (χ1) is 12.3. The van der Waals surface area contributed by atoms with Crippen LogP contribution in [0.3, 0.4) is 0 Å². The molecule has 142 valence electrons. The monoisotopic (exact) mass is 379 g/mol. The Hall–Kier alpha value is -1.89. The summed E-state index contributed by atoms with van der Waals surface area (Å²) in [6.07, 6.45) is 4.89. The standard InChI is InChI=1S/C19H25NO5S/c1-13(15-7-6-14-4-2-3-5-16(14)10-15)20-18(21)11-25-19(22)17-8-9-26(23,24)12-17/h6-7,10,13,17H,2-5,8-9,11-12H2,1H3,(H,20,21)/t13-,17+/m1/s1. The van der Waals surface area contributed by atoms with Crippen LogP contribution in [-0.2, 0) is 37.0 Å². The van der Waals surface area contributed by atoms with E-state index >= 15 is 0 Å². The van der Waals surface area contributed by atoms with Gasteiger partial charge in [0, 0.05) is 0 Å². The summed E-state index contributed by atoms with van der Waals surface area (Å²) in [5, 5.41) is 2.83. The van der Waals surface area contributed by atoms with Gasteiger partial charge < -0.3 is 10.1 Å². The van der Waals surface area contributed by atoms with Crippen LogP contribution < -0.4 is 5.32 Å². The third kappa shape index (κ3) is 4.63. The fourth-order valence-electron chi connectivity index (χ4n) is 3.62. The maximum atomic E-state index is 12.1. The molecule has 2 atom stereocenters. The van der Waals surface area contributed by atoms with E-state index in [1.165, 1.54) is 24.0 Å². The number of amides is 1. The zero-order valence-electron chi connectivity index (χ0n) is 15.0. The lowest BCUT2D eigenvalue weighted by atomic mass is 9.89. The van der Waals surface area contributed by atoms with E-state index in [4.69, 9.17) is 4.74 Å². The maximum Gasteiger partial charge on any atom is 0.310 e. The zero-order valence-corrected chi connectivity index (χ0v) is 15.8. The molecule has 1 aromatic carbocycles. The summed E-state index contributed by atoms with van der Waals surface area (Å²) in [4.78, 5) is 23.9. The van der Waals surface area contributed by atoms with Crippen LogP contribution in [0.25, 0.3) is 0 Å². The zero-order chi connectivity index (χ0) is 18.7. The Balaban J connectivity index is 1.49. The molecule has 0 aromatic heterocycles. The van der Waals surface area contributed by atoms with Crippen molar-refractivity contribution in [3.05, 3.63) is 34.9 Å². The third-order valence-electron chi connectivity index (χ3n) is 5.16. The third-order valence-corrected chi connectivity index (χ3v) is 6.93. The highest BCUT2D eigenvalue weighted by Crippen LogP contribution is 2.25. The van der Waals surface area contributed by atoms with Gasteiger partial charge in [-0.1, -0.05) is 18.2 Å². The van der Waals surface area contributed by atoms with Gasteiger partial charge >= 0.3 is 5.97 Å². The molecule has 1 heterocycles. The topological polar surface area (TPSA) is 89.5 Å². The van der Waals surface area contributed by atoms with E-state index in [1.54, 1.807) is 0 Å². The SMILES string of the molecule is C[C@@H](NC(=O)COC(=O)[C@H]1CCS(=O)(=O)C1)c1ccc2c(c1)CCCC2. The Kier molecular flexibility index (Phi) is 5.65. The highest BCUT2D eigenvalue weighted by Gasteiger charge is 2.34. The van der Waals surface area contributed by atoms with Gasteiger partial charge in [-0.05, 0) is 55.7 Å². The van der Waals surface area contributed by atoms with Crippen molar-refractivity contribution >= 4 is 21.7 Å². The Morgan fingerprint density at radius 3 is 2.65 bits per heavy atom. The summed E-state index contributed by atoms with van der Waals surface area (Å²) in [6.45, 7) is 1.51. The summed E-state index contributed by atoms with van der Waals surface area (Å²) in [5.74, 6) is -1.81. The number of fused-ring (bicyclic) bond motifs is 1. The van der Waals surface area contributed by atoms with Gasteiger partial charge in [-0.15, -0.1) is 0 Å². The molecule has 0 unspecified atom stereocenters. The van der Waals surface area contributed by atoms with Crippen molar-refractivity contribution in [3.63, 3.8) is 0 Å².